The van der Waals surface area contributed by atoms with Gasteiger partial charge >= 0.3 is 0 Å². The predicted molar refractivity (Wildman–Crippen MR) is 73.1 cm³/mol. The molecule has 0 bridgehead atoms. The van der Waals surface area contributed by atoms with Crippen LogP contribution < -0.4 is 5.32 Å². The fourth-order valence-corrected chi connectivity index (χ4v) is 2.56. The highest BCUT2D eigenvalue weighted by Gasteiger charge is 2.26. The van der Waals surface area contributed by atoms with Crippen LogP contribution in [0.25, 0.3) is 0 Å². The number of aliphatic hydroxyl groups is 1. The second-order valence-corrected chi connectivity index (χ2v) is 5.49. The van der Waals surface area contributed by atoms with Crippen LogP contribution in [0.1, 0.15) is 28.8 Å². The molecule has 0 saturated heterocycles. The summed E-state index contributed by atoms with van der Waals surface area (Å²) in [6.07, 6.45) is 2.82. The minimum absolute atomic E-state index is 0.0484. The van der Waals surface area contributed by atoms with Gasteiger partial charge in [0.15, 0.2) is 0 Å². The molecule has 2 aliphatic rings. The number of nitrogens with one attached hydrogen (secondary N) is 1. The third-order valence-electron chi connectivity index (χ3n) is 3.84. The first-order chi connectivity index (χ1) is 9.24. The van der Waals surface area contributed by atoms with Gasteiger partial charge in [0, 0.05) is 31.2 Å². The van der Waals surface area contributed by atoms with Crippen molar-refractivity contribution < 1.29 is 9.90 Å². The zero-order valence-electron chi connectivity index (χ0n) is 11.0. The van der Waals surface area contributed by atoms with Gasteiger partial charge in [-0.15, -0.1) is 0 Å². The molecule has 1 heterocycles. The number of amides is 1. The average Bonchev–Trinajstić information content (AvgIpc) is 3.24. The largest absolute Gasteiger partial charge is 0.390 e. The van der Waals surface area contributed by atoms with Gasteiger partial charge in [-0.1, -0.05) is 18.2 Å². The molecule has 19 heavy (non-hydrogen) atoms. The SMILES string of the molecule is O=C1c2ccccc2CCN1CC(O)CNC1CC1. The van der Waals surface area contributed by atoms with E-state index in [1.807, 2.05) is 24.3 Å². The molecule has 0 spiro atoms. The van der Waals surface area contributed by atoms with Crippen molar-refractivity contribution in [3.63, 3.8) is 0 Å². The summed E-state index contributed by atoms with van der Waals surface area (Å²) in [5, 5.41) is 13.3. The number of hydrogen-bond acceptors (Lipinski definition) is 3. The molecule has 1 unspecified atom stereocenters. The van der Waals surface area contributed by atoms with Gasteiger partial charge < -0.3 is 15.3 Å². The fraction of sp³-hybridized carbons (Fsp3) is 0.533. The Morgan fingerprint density at radius 3 is 2.95 bits per heavy atom. The lowest BCUT2D eigenvalue weighted by Crippen LogP contribution is -2.45. The Hall–Kier alpha value is -1.39. The van der Waals surface area contributed by atoms with Gasteiger partial charge in [0.25, 0.3) is 5.91 Å². The minimum atomic E-state index is -0.477. The van der Waals surface area contributed by atoms with Crippen LogP contribution in [0.4, 0.5) is 0 Å². The average molecular weight is 260 g/mol. The van der Waals surface area contributed by atoms with Gasteiger partial charge in [0.05, 0.1) is 6.10 Å². The summed E-state index contributed by atoms with van der Waals surface area (Å²) in [5.74, 6) is 0.0484. The lowest BCUT2D eigenvalue weighted by atomic mass is 9.99. The van der Waals surface area contributed by atoms with E-state index in [4.69, 9.17) is 0 Å². The second kappa shape index (κ2) is 5.31. The maximum atomic E-state index is 12.3. The number of fused-ring (bicyclic) bond motifs is 1. The Labute approximate surface area is 113 Å². The maximum absolute atomic E-state index is 12.3. The lowest BCUT2D eigenvalue weighted by Gasteiger charge is -2.30. The van der Waals surface area contributed by atoms with Gasteiger partial charge in [0.2, 0.25) is 0 Å². The highest BCUT2D eigenvalue weighted by atomic mass is 16.3. The van der Waals surface area contributed by atoms with E-state index in [2.05, 4.69) is 5.32 Å². The van der Waals surface area contributed by atoms with Crippen LogP contribution in [0.3, 0.4) is 0 Å². The van der Waals surface area contributed by atoms with Crippen molar-refractivity contribution in [2.24, 2.45) is 0 Å². The molecular weight excluding hydrogens is 240 g/mol. The molecule has 1 aliphatic carbocycles. The van der Waals surface area contributed by atoms with E-state index < -0.39 is 6.10 Å². The monoisotopic (exact) mass is 260 g/mol. The summed E-state index contributed by atoms with van der Waals surface area (Å²) >= 11 is 0. The van der Waals surface area contributed by atoms with E-state index in [0.29, 0.717) is 25.7 Å². The van der Waals surface area contributed by atoms with Gasteiger partial charge in [-0.2, -0.15) is 0 Å². The smallest absolute Gasteiger partial charge is 0.254 e. The number of benzene rings is 1. The lowest BCUT2D eigenvalue weighted by molar-refractivity contribution is 0.0604. The van der Waals surface area contributed by atoms with Crippen molar-refractivity contribution in [3.8, 4) is 0 Å². The summed E-state index contributed by atoms with van der Waals surface area (Å²) in [7, 11) is 0. The summed E-state index contributed by atoms with van der Waals surface area (Å²) in [6, 6.07) is 8.34. The molecule has 0 aromatic heterocycles. The Bertz CT molecular complexity index is 471. The summed E-state index contributed by atoms with van der Waals surface area (Å²) in [5.41, 5.74) is 1.91. The molecule has 1 atom stereocenters. The van der Waals surface area contributed by atoms with Gasteiger partial charge in [0.1, 0.15) is 0 Å². The predicted octanol–water partition coefficient (Wildman–Crippen LogP) is 0.798. The summed E-state index contributed by atoms with van der Waals surface area (Å²) in [6.45, 7) is 1.71. The van der Waals surface area contributed by atoms with Crippen LogP contribution in [-0.2, 0) is 6.42 Å². The topological polar surface area (TPSA) is 52.6 Å². The third kappa shape index (κ3) is 2.96. The first-order valence-electron chi connectivity index (χ1n) is 7.02. The van der Waals surface area contributed by atoms with Crippen LogP contribution in [-0.4, -0.2) is 47.7 Å². The maximum Gasteiger partial charge on any atom is 0.254 e. The molecule has 1 saturated carbocycles. The molecule has 1 fully saturated rings. The quantitative estimate of drug-likeness (QED) is 0.823. The minimum Gasteiger partial charge on any atom is -0.390 e. The standard InChI is InChI=1S/C15H20N2O2/c18-13(9-16-12-5-6-12)10-17-8-7-11-3-1-2-4-14(11)15(17)19/h1-4,12-13,16,18H,5-10H2. The van der Waals surface area contributed by atoms with Crippen LogP contribution in [0, 0.1) is 0 Å². The highest BCUT2D eigenvalue weighted by molar-refractivity contribution is 5.96. The molecule has 4 nitrogen and oxygen atoms in total. The number of aliphatic hydroxyl groups excluding tert-OH is 1. The van der Waals surface area contributed by atoms with Crippen molar-refractivity contribution in [2.45, 2.75) is 31.4 Å². The van der Waals surface area contributed by atoms with E-state index >= 15 is 0 Å². The Morgan fingerprint density at radius 2 is 2.16 bits per heavy atom. The molecule has 3 rings (SSSR count). The van der Waals surface area contributed by atoms with Crippen molar-refractivity contribution in [2.75, 3.05) is 19.6 Å². The summed E-state index contributed by atoms with van der Waals surface area (Å²) in [4.78, 5) is 14.1. The van der Waals surface area contributed by atoms with Crippen molar-refractivity contribution in [1.29, 1.82) is 0 Å². The number of hydrogen-bond donors (Lipinski definition) is 2. The van der Waals surface area contributed by atoms with E-state index in [1.54, 1.807) is 4.90 Å². The molecule has 2 N–H and O–H groups in total. The Kier molecular flexibility index (Phi) is 3.53. The third-order valence-corrected chi connectivity index (χ3v) is 3.84. The van der Waals surface area contributed by atoms with Crippen LogP contribution in [0.5, 0.6) is 0 Å². The van der Waals surface area contributed by atoms with Gasteiger partial charge in [-0.25, -0.2) is 0 Å². The fourth-order valence-electron chi connectivity index (χ4n) is 2.56. The molecule has 4 heteroatoms. The van der Waals surface area contributed by atoms with Crippen LogP contribution in [0.15, 0.2) is 24.3 Å². The van der Waals surface area contributed by atoms with Crippen LogP contribution in [0.2, 0.25) is 0 Å². The molecule has 102 valence electrons. The number of β-amino-alcohol motifs (C(OH)–C–C–N with tert-alkyl or cyclic N) is 1. The van der Waals surface area contributed by atoms with Gasteiger partial charge in [-0.3, -0.25) is 4.79 Å². The van der Waals surface area contributed by atoms with E-state index in [9.17, 15) is 9.90 Å². The summed E-state index contributed by atoms with van der Waals surface area (Å²) < 4.78 is 0. The zero-order valence-corrected chi connectivity index (χ0v) is 11.0. The molecule has 0 radical (unpaired) electrons. The number of rotatable bonds is 5. The molecule has 1 amide bonds. The van der Waals surface area contributed by atoms with Crippen molar-refractivity contribution >= 4 is 5.91 Å². The Balaban J connectivity index is 1.58. The first-order valence-corrected chi connectivity index (χ1v) is 7.02. The van der Waals surface area contributed by atoms with Crippen LogP contribution >= 0.6 is 0 Å². The number of carbonyl (C=O) groups is 1. The van der Waals surface area contributed by atoms with E-state index in [0.717, 1.165) is 17.5 Å². The Morgan fingerprint density at radius 1 is 1.37 bits per heavy atom. The normalized spacial score (nSPS) is 20.3. The molecule has 1 aromatic carbocycles. The highest BCUT2D eigenvalue weighted by Crippen LogP contribution is 2.20. The second-order valence-electron chi connectivity index (χ2n) is 5.49. The molecular formula is C15H20N2O2. The number of nitrogens with zero attached hydrogens (tertiary/aromatic N) is 1. The molecule has 1 aromatic rings. The van der Waals surface area contributed by atoms with Crippen molar-refractivity contribution in [1.82, 2.24) is 10.2 Å². The van der Waals surface area contributed by atoms with E-state index in [1.165, 1.54) is 12.8 Å². The number of carbonyl (C=O) groups excluding carboxylic acids is 1. The zero-order chi connectivity index (χ0) is 13.2. The first kappa shape index (κ1) is 12.6. The molecule has 1 aliphatic heterocycles. The van der Waals surface area contributed by atoms with Gasteiger partial charge in [-0.05, 0) is 30.9 Å². The van der Waals surface area contributed by atoms with E-state index in [-0.39, 0.29) is 5.91 Å². The van der Waals surface area contributed by atoms with Crippen molar-refractivity contribution in [3.05, 3.63) is 35.4 Å².